The highest BCUT2D eigenvalue weighted by Crippen LogP contribution is 2.39. The molecular weight excluding hydrogens is 969 g/mol. The van der Waals surface area contributed by atoms with E-state index in [1.54, 1.807) is 12.4 Å². The molecular formula is C59H62N14O4. The molecule has 18 nitrogen and oxygen atoms in total. The zero-order chi connectivity index (χ0) is 52.5. The molecule has 2 amide bonds. The van der Waals surface area contributed by atoms with E-state index in [4.69, 9.17) is 39.6 Å². The highest BCUT2D eigenvalue weighted by Gasteiger charge is 2.40. The number of rotatable bonds is 13. The van der Waals surface area contributed by atoms with Crippen molar-refractivity contribution in [2.24, 2.45) is 0 Å². The predicted octanol–water partition coefficient (Wildman–Crippen LogP) is 8.64. The Labute approximate surface area is 446 Å². The average Bonchev–Trinajstić information content (AvgIpc) is 4.19. The minimum Gasteiger partial charge on any atom is -0.493 e. The van der Waals surface area contributed by atoms with Crippen LogP contribution >= 0.6 is 0 Å². The quantitative estimate of drug-likeness (QED) is 0.0574. The Hall–Kier alpha value is -8.48. The number of piperidine rings is 2. The number of para-hydroxylation sites is 2. The van der Waals surface area contributed by atoms with E-state index in [1.807, 2.05) is 129 Å². The lowest BCUT2D eigenvalue weighted by atomic mass is 9.86. The summed E-state index contributed by atoms with van der Waals surface area (Å²) in [7, 11) is 2.13. The lowest BCUT2D eigenvalue weighted by molar-refractivity contribution is 0.0902. The number of aromatic nitrogens is 8. The normalized spacial score (nSPS) is 19.6. The fourth-order valence-electron chi connectivity index (χ4n) is 11.3. The number of benzene rings is 4. The molecule has 0 unspecified atom stereocenters. The third kappa shape index (κ3) is 10.2. The van der Waals surface area contributed by atoms with Crippen LogP contribution in [0.25, 0.3) is 34.2 Å². The first-order valence-electron chi connectivity index (χ1n) is 26.6. The van der Waals surface area contributed by atoms with E-state index in [1.165, 1.54) is 0 Å². The number of aryl methyl sites for hydroxylation is 1. The molecule has 3 atom stereocenters. The first-order chi connectivity index (χ1) is 37.6. The molecule has 0 aliphatic carbocycles. The molecule has 2 saturated heterocycles. The number of anilines is 2. The molecule has 392 valence electrons. The highest BCUT2D eigenvalue weighted by atomic mass is 16.5. The van der Waals surface area contributed by atoms with Gasteiger partial charge in [0, 0.05) is 83.1 Å². The van der Waals surface area contributed by atoms with Gasteiger partial charge < -0.3 is 41.0 Å². The van der Waals surface area contributed by atoms with Crippen molar-refractivity contribution in [3.05, 3.63) is 167 Å². The summed E-state index contributed by atoms with van der Waals surface area (Å²) in [5.41, 5.74) is 7.49. The molecule has 4 aromatic heterocycles. The largest absolute Gasteiger partial charge is 0.493 e. The molecule has 0 spiro atoms. The van der Waals surface area contributed by atoms with Gasteiger partial charge in [-0.2, -0.15) is 10.2 Å². The number of hydrogen-bond acceptors (Lipinski definition) is 14. The van der Waals surface area contributed by atoms with Crippen LogP contribution in [0.1, 0.15) is 107 Å². The van der Waals surface area contributed by atoms with Crippen LogP contribution < -0.4 is 36.1 Å². The number of aromatic amines is 2. The summed E-state index contributed by atoms with van der Waals surface area (Å²) in [6.07, 6.45) is 7.86. The van der Waals surface area contributed by atoms with Crippen molar-refractivity contribution in [1.82, 2.24) is 61.2 Å². The molecule has 0 radical (unpaired) electrons. The maximum atomic E-state index is 13.8. The molecule has 2 fully saturated rings. The third-order valence-electron chi connectivity index (χ3n) is 15.6. The lowest BCUT2D eigenvalue weighted by Crippen LogP contribution is -2.46. The Kier molecular flexibility index (Phi) is 13.4. The zero-order valence-corrected chi connectivity index (χ0v) is 43.4. The van der Waals surface area contributed by atoms with Crippen molar-refractivity contribution in [2.45, 2.75) is 81.6 Å². The number of hydrogen-bond donors (Lipinski definition) is 7. The summed E-state index contributed by atoms with van der Waals surface area (Å²) < 4.78 is 12.0. The van der Waals surface area contributed by atoms with E-state index in [-0.39, 0.29) is 30.0 Å². The molecule has 0 bridgehead atoms. The Morgan fingerprint density at radius 1 is 0.662 bits per heavy atom. The van der Waals surface area contributed by atoms with Crippen LogP contribution in [0.3, 0.4) is 0 Å². The van der Waals surface area contributed by atoms with Crippen LogP contribution in [0.4, 0.5) is 11.4 Å². The Balaban J connectivity index is 0.751. The van der Waals surface area contributed by atoms with Crippen molar-refractivity contribution in [3.63, 3.8) is 0 Å². The number of nitrogens with one attached hydrogen (secondary N) is 7. The Morgan fingerprint density at radius 3 is 1.87 bits per heavy atom. The van der Waals surface area contributed by atoms with Gasteiger partial charge >= 0.3 is 0 Å². The summed E-state index contributed by atoms with van der Waals surface area (Å²) in [5.74, 6) is 3.86. The second-order valence-corrected chi connectivity index (χ2v) is 20.9. The van der Waals surface area contributed by atoms with Crippen LogP contribution in [0.5, 0.6) is 11.5 Å². The fraction of sp³-hybridized carbons (Fsp3) is 0.322. The summed E-state index contributed by atoms with van der Waals surface area (Å²) in [4.78, 5) is 49.6. The molecule has 18 heteroatoms. The van der Waals surface area contributed by atoms with Gasteiger partial charge in [-0.05, 0) is 132 Å². The molecule has 7 N–H and O–H groups in total. The molecule has 12 rings (SSSR count). The number of likely N-dealkylation sites (tertiary alicyclic amines) is 1. The summed E-state index contributed by atoms with van der Waals surface area (Å²) >= 11 is 0. The number of pyridine rings is 2. The minimum atomic E-state index is -0.581. The van der Waals surface area contributed by atoms with Gasteiger partial charge in [0.2, 0.25) is 0 Å². The van der Waals surface area contributed by atoms with E-state index in [2.05, 4.69) is 48.7 Å². The second kappa shape index (κ2) is 20.9. The number of amides is 2. The van der Waals surface area contributed by atoms with Gasteiger partial charge in [0.15, 0.2) is 23.3 Å². The summed E-state index contributed by atoms with van der Waals surface area (Å²) in [6, 6.07) is 36.7. The van der Waals surface area contributed by atoms with Gasteiger partial charge in [-0.3, -0.25) is 29.8 Å². The molecule has 8 heterocycles. The van der Waals surface area contributed by atoms with Gasteiger partial charge in [-0.1, -0.05) is 48.5 Å². The van der Waals surface area contributed by atoms with Crippen molar-refractivity contribution in [2.75, 3.05) is 50.5 Å². The van der Waals surface area contributed by atoms with Crippen LogP contribution in [0.2, 0.25) is 0 Å². The molecule has 4 aromatic carbocycles. The number of fused-ring (bicyclic) bond motifs is 2. The van der Waals surface area contributed by atoms with Crippen molar-refractivity contribution < 1.29 is 19.1 Å². The first-order valence-corrected chi connectivity index (χ1v) is 26.6. The Morgan fingerprint density at radius 2 is 1.23 bits per heavy atom. The standard InChI is InChI=1S/C59H62N14O4/c1-36-9-6-15-45-46(19-30-76-51(36)45)63-54(74)40-10-7-13-43(32-40)68-59(22-28-73(3)29-23-59)57-66-53(70-72-57)39-18-25-62-49(35-39)48-34-38(17-24-61-48)52-65-56(71-69-52)58(20-26-60-27-21-58)67-42-12-8-11-41(33-42)55(75)64-47-31-37(2)77-50-16-5-4-14-44(47)50/h4-18,24-25,32-35,37,46-47,60,67-68H,19-23,26-31H2,1-3H3,(H,63,74)(H,64,75)(H,65,69,71)(H,66,70,72)/t37-,46-,47-/m1/s1. The van der Waals surface area contributed by atoms with Gasteiger partial charge in [-0.25, -0.2) is 9.97 Å². The van der Waals surface area contributed by atoms with E-state index in [0.29, 0.717) is 59.4 Å². The average molecular weight is 1030 g/mol. The van der Waals surface area contributed by atoms with E-state index < -0.39 is 11.1 Å². The predicted molar refractivity (Wildman–Crippen MR) is 293 cm³/mol. The summed E-state index contributed by atoms with van der Waals surface area (Å²) in [5, 5.41) is 33.7. The second-order valence-electron chi connectivity index (χ2n) is 20.9. The van der Waals surface area contributed by atoms with Crippen LogP contribution in [0, 0.1) is 6.92 Å². The highest BCUT2D eigenvalue weighted by molar-refractivity contribution is 5.96. The van der Waals surface area contributed by atoms with Crippen LogP contribution in [-0.4, -0.2) is 103 Å². The number of ether oxygens (including phenoxy) is 2. The SMILES string of the molecule is Cc1cccc2c1OCC[C@H]2NC(=O)c1cccc(NC2(c3nc(-c4ccnc(-c5cc(-c6n[nH]c(C7(Nc8cccc(C(=O)N[C@@H]9C[C@@H](C)Oc%10ccccc%109)c8)CCNCC7)n6)ccn5)c4)n[nH]3)CCN(C)CC2)c1. The zero-order valence-electron chi connectivity index (χ0n) is 43.4. The smallest absolute Gasteiger partial charge is 0.251 e. The fourth-order valence-corrected chi connectivity index (χ4v) is 11.3. The number of nitrogens with zero attached hydrogens (tertiary/aromatic N) is 7. The Bertz CT molecular complexity index is 3450. The lowest BCUT2D eigenvalue weighted by Gasteiger charge is -2.40. The monoisotopic (exact) mass is 1030 g/mol. The topological polar surface area (TPSA) is 225 Å². The maximum Gasteiger partial charge on any atom is 0.251 e. The number of carbonyl (C=O) groups is 2. The van der Waals surface area contributed by atoms with E-state index in [9.17, 15) is 9.59 Å². The minimum absolute atomic E-state index is 0.0173. The maximum absolute atomic E-state index is 13.8. The number of H-pyrrole nitrogens is 2. The third-order valence-corrected chi connectivity index (χ3v) is 15.6. The van der Waals surface area contributed by atoms with Gasteiger partial charge in [0.1, 0.15) is 11.5 Å². The summed E-state index contributed by atoms with van der Waals surface area (Å²) in [6.45, 7) is 7.83. The van der Waals surface area contributed by atoms with E-state index >= 15 is 0 Å². The number of carbonyl (C=O) groups excluding carboxylic acids is 2. The molecule has 8 aromatic rings. The molecule has 4 aliphatic rings. The molecule has 0 saturated carbocycles. The van der Waals surface area contributed by atoms with Crippen molar-refractivity contribution in [3.8, 4) is 45.7 Å². The van der Waals surface area contributed by atoms with Gasteiger partial charge in [0.25, 0.3) is 11.8 Å². The van der Waals surface area contributed by atoms with Crippen molar-refractivity contribution >= 4 is 23.2 Å². The molecule has 77 heavy (non-hydrogen) atoms. The van der Waals surface area contributed by atoms with Crippen LogP contribution in [-0.2, 0) is 11.1 Å². The molecule has 4 aliphatic heterocycles. The van der Waals surface area contributed by atoms with Crippen LogP contribution in [0.15, 0.2) is 128 Å². The van der Waals surface area contributed by atoms with E-state index in [0.717, 1.165) is 108 Å². The first kappa shape index (κ1) is 49.4. The van der Waals surface area contributed by atoms with Crippen molar-refractivity contribution in [1.29, 1.82) is 0 Å². The van der Waals surface area contributed by atoms with Gasteiger partial charge in [-0.15, -0.1) is 0 Å². The van der Waals surface area contributed by atoms with Gasteiger partial charge in [0.05, 0.1) is 47.3 Å².